The number of nitrogens with zero attached hydrogens (tertiary/aromatic N) is 1. The van der Waals surface area contributed by atoms with Gasteiger partial charge in [-0.2, -0.15) is 0 Å². The Hall–Kier alpha value is -2.04. The molecule has 0 radical (unpaired) electrons. The van der Waals surface area contributed by atoms with Gasteiger partial charge in [0.1, 0.15) is 18.4 Å². The van der Waals surface area contributed by atoms with Crippen LogP contribution in [0.5, 0.6) is 0 Å². The van der Waals surface area contributed by atoms with Gasteiger partial charge in [-0.1, -0.05) is 0 Å². The van der Waals surface area contributed by atoms with Crippen LogP contribution in [0.15, 0.2) is 0 Å². The molecule has 7 N–H and O–H groups in total. The number of nitrogens with one attached hydrogen (secondary N) is 2. The van der Waals surface area contributed by atoms with E-state index in [2.05, 4.69) is 31.8 Å². The summed E-state index contributed by atoms with van der Waals surface area (Å²) in [4.78, 5) is 46.8. The van der Waals surface area contributed by atoms with Gasteiger partial charge in [-0.25, -0.2) is 0 Å². The first kappa shape index (κ1) is 26.0. The van der Waals surface area contributed by atoms with Crippen molar-refractivity contribution in [3.63, 3.8) is 0 Å². The van der Waals surface area contributed by atoms with Crippen molar-refractivity contribution in [2.24, 2.45) is 11.5 Å². The van der Waals surface area contributed by atoms with Crippen LogP contribution in [0.2, 0.25) is 0 Å². The van der Waals surface area contributed by atoms with Crippen molar-refractivity contribution < 1.29 is 28.8 Å². The molecule has 0 saturated carbocycles. The third-order valence-electron chi connectivity index (χ3n) is 4.22. The molecule has 162 valence electrons. The van der Waals surface area contributed by atoms with E-state index in [1.807, 2.05) is 0 Å². The lowest BCUT2D eigenvalue weighted by Gasteiger charge is -2.25. The molecular formula is C18H36N5O5+. The second-order valence-electron chi connectivity index (χ2n) is 8.09. The minimum absolute atomic E-state index is 0.0445. The molecule has 10 nitrogen and oxygen atoms in total. The Morgan fingerprint density at radius 3 is 2.14 bits per heavy atom. The van der Waals surface area contributed by atoms with Crippen molar-refractivity contribution in [2.45, 2.75) is 63.3 Å². The van der Waals surface area contributed by atoms with E-state index >= 15 is 0 Å². The quantitative estimate of drug-likeness (QED) is 0.128. The molecule has 0 spiro atoms. The second kappa shape index (κ2) is 12.4. The van der Waals surface area contributed by atoms with Gasteiger partial charge in [-0.15, -0.1) is 0 Å². The van der Waals surface area contributed by atoms with Gasteiger partial charge >= 0.3 is 0 Å². The maximum absolute atomic E-state index is 12.6. The highest BCUT2D eigenvalue weighted by Gasteiger charge is 2.27. The van der Waals surface area contributed by atoms with E-state index in [-0.39, 0.29) is 12.8 Å². The average molecular weight is 403 g/mol. The molecule has 4 atom stereocenters. The molecule has 0 aliphatic carbocycles. The summed E-state index contributed by atoms with van der Waals surface area (Å²) in [5.74, 6) is -1.77. The van der Waals surface area contributed by atoms with Crippen LogP contribution in [0.1, 0.15) is 39.0 Å². The Balaban J connectivity index is 4.96. The predicted molar refractivity (Wildman–Crippen MR) is 105 cm³/mol. The number of quaternary nitrogens is 1. The molecule has 0 aliphatic rings. The zero-order chi connectivity index (χ0) is 21.9. The lowest BCUT2D eigenvalue weighted by Crippen LogP contribution is -2.55. The van der Waals surface area contributed by atoms with Gasteiger partial charge in [-0.3, -0.25) is 14.4 Å². The van der Waals surface area contributed by atoms with Crippen LogP contribution >= 0.6 is 0 Å². The zero-order valence-corrected chi connectivity index (χ0v) is 17.3. The molecule has 0 rings (SSSR count). The van der Waals surface area contributed by atoms with Crippen molar-refractivity contribution in [2.75, 3.05) is 27.7 Å². The van der Waals surface area contributed by atoms with Gasteiger partial charge < -0.3 is 36.5 Å². The lowest BCUT2D eigenvalue weighted by molar-refractivity contribution is -0.870. The molecule has 0 aromatic carbocycles. The molecule has 0 fully saturated rings. The van der Waals surface area contributed by atoms with Gasteiger partial charge in [0.15, 0.2) is 0 Å². The number of carbonyl (C=O) groups is 4. The number of aliphatic hydroxyl groups is 1. The fraction of sp³-hybridized carbons (Fsp3) is 0.778. The Bertz CT molecular complexity index is 533. The molecular weight excluding hydrogens is 366 g/mol. The summed E-state index contributed by atoms with van der Waals surface area (Å²) in [6.45, 7) is 2.28. The largest absolute Gasteiger partial charge is 0.391 e. The summed E-state index contributed by atoms with van der Waals surface area (Å²) in [7, 11) is 6.17. The van der Waals surface area contributed by atoms with Crippen molar-refractivity contribution >= 4 is 24.0 Å². The molecule has 10 heteroatoms. The predicted octanol–water partition coefficient (Wildman–Crippen LogP) is -1.99. The number of hydrogen-bond acceptors (Lipinski definition) is 6. The molecule has 0 aromatic rings. The highest BCUT2D eigenvalue weighted by molar-refractivity contribution is 5.91. The molecule has 28 heavy (non-hydrogen) atoms. The summed E-state index contributed by atoms with van der Waals surface area (Å²) in [6, 6.07) is -2.95. The minimum Gasteiger partial charge on any atom is -0.391 e. The standard InChI is InChI=1S/C18H35N5O5/c1-12(25)16(20)18(28)22-14(7-5-6-10-23(2,3)4)17(27)21-13(11-24)8-9-15(19)26/h11-14,16,25H,5-10,20H2,1-4H3,(H3-,19,21,22,26,27,28)/p+1/t12-,13+,14+,16+/m1/s1. The Morgan fingerprint density at radius 2 is 1.68 bits per heavy atom. The summed E-state index contributed by atoms with van der Waals surface area (Å²) in [5.41, 5.74) is 10.7. The first-order chi connectivity index (χ1) is 12.9. The monoisotopic (exact) mass is 402 g/mol. The van der Waals surface area contributed by atoms with Crippen LogP contribution in [0.3, 0.4) is 0 Å². The van der Waals surface area contributed by atoms with Crippen molar-refractivity contribution in [1.82, 2.24) is 10.6 Å². The highest BCUT2D eigenvalue weighted by atomic mass is 16.3. The van der Waals surface area contributed by atoms with Crippen LogP contribution in [0.4, 0.5) is 0 Å². The Labute approximate surface area is 166 Å². The number of amides is 3. The maximum Gasteiger partial charge on any atom is 0.243 e. The number of carbonyl (C=O) groups excluding carboxylic acids is 4. The second-order valence-corrected chi connectivity index (χ2v) is 8.09. The zero-order valence-electron chi connectivity index (χ0n) is 17.3. The summed E-state index contributed by atoms with van der Waals surface area (Å²) in [5, 5.41) is 14.5. The van der Waals surface area contributed by atoms with E-state index in [0.717, 1.165) is 17.4 Å². The van der Waals surface area contributed by atoms with Gasteiger partial charge in [-0.05, 0) is 32.6 Å². The fourth-order valence-corrected chi connectivity index (χ4v) is 2.45. The smallest absolute Gasteiger partial charge is 0.243 e. The number of unbranched alkanes of at least 4 members (excludes halogenated alkanes) is 1. The number of primary amides is 1. The normalized spacial score (nSPS) is 15.8. The van der Waals surface area contributed by atoms with Crippen molar-refractivity contribution in [3.05, 3.63) is 0 Å². The Kier molecular flexibility index (Phi) is 11.5. The average Bonchev–Trinajstić information content (AvgIpc) is 2.58. The molecule has 0 aliphatic heterocycles. The Morgan fingerprint density at radius 1 is 1.07 bits per heavy atom. The first-order valence-corrected chi connectivity index (χ1v) is 9.45. The van der Waals surface area contributed by atoms with Crippen LogP contribution in [-0.4, -0.2) is 85.5 Å². The van der Waals surface area contributed by atoms with Gasteiger partial charge in [0.2, 0.25) is 17.7 Å². The third kappa shape index (κ3) is 11.6. The first-order valence-electron chi connectivity index (χ1n) is 9.45. The molecule has 0 unspecified atom stereocenters. The highest BCUT2D eigenvalue weighted by Crippen LogP contribution is 2.06. The topological polar surface area (TPSA) is 165 Å². The summed E-state index contributed by atoms with van der Waals surface area (Å²) < 4.78 is 0.774. The van der Waals surface area contributed by atoms with Gasteiger partial charge in [0.05, 0.1) is 39.8 Å². The fourth-order valence-electron chi connectivity index (χ4n) is 2.45. The van der Waals surface area contributed by atoms with E-state index in [1.54, 1.807) is 0 Å². The van der Waals surface area contributed by atoms with Crippen LogP contribution in [0.25, 0.3) is 0 Å². The minimum atomic E-state index is -1.17. The van der Waals surface area contributed by atoms with E-state index in [4.69, 9.17) is 11.5 Å². The number of nitrogens with two attached hydrogens (primary N) is 2. The molecule has 0 heterocycles. The SMILES string of the molecule is C[C@@H](O)[C@H](N)C(=O)N[C@@H](CCCC[N+](C)(C)C)C(=O)N[C@H](C=O)CCC(N)=O. The molecule has 0 saturated heterocycles. The molecule has 3 amide bonds. The lowest BCUT2D eigenvalue weighted by atomic mass is 10.1. The van der Waals surface area contributed by atoms with Gasteiger partial charge in [0.25, 0.3) is 0 Å². The van der Waals surface area contributed by atoms with E-state index in [9.17, 15) is 24.3 Å². The summed E-state index contributed by atoms with van der Waals surface area (Å²) in [6.07, 6.45) is 1.36. The number of rotatable bonds is 14. The van der Waals surface area contributed by atoms with Crippen molar-refractivity contribution in [3.8, 4) is 0 Å². The van der Waals surface area contributed by atoms with E-state index < -0.39 is 42.0 Å². The van der Waals surface area contributed by atoms with Crippen molar-refractivity contribution in [1.29, 1.82) is 0 Å². The number of aliphatic hydroxyl groups excluding tert-OH is 1. The van der Waals surface area contributed by atoms with E-state index in [1.165, 1.54) is 6.92 Å². The van der Waals surface area contributed by atoms with Crippen LogP contribution in [0, 0.1) is 0 Å². The third-order valence-corrected chi connectivity index (χ3v) is 4.22. The molecule has 0 bridgehead atoms. The number of aldehydes is 1. The van der Waals surface area contributed by atoms with E-state index in [0.29, 0.717) is 19.1 Å². The number of hydrogen-bond donors (Lipinski definition) is 5. The molecule has 0 aromatic heterocycles. The summed E-state index contributed by atoms with van der Waals surface area (Å²) >= 11 is 0. The maximum atomic E-state index is 12.6. The van der Waals surface area contributed by atoms with Crippen LogP contribution < -0.4 is 22.1 Å². The van der Waals surface area contributed by atoms with Crippen LogP contribution in [-0.2, 0) is 19.2 Å². The van der Waals surface area contributed by atoms with Gasteiger partial charge in [0, 0.05) is 6.42 Å².